The molecule has 1 aromatic heterocycles. The van der Waals surface area contributed by atoms with E-state index in [9.17, 15) is 4.79 Å². The van der Waals surface area contributed by atoms with Gasteiger partial charge in [-0.2, -0.15) is 5.10 Å². The lowest BCUT2D eigenvalue weighted by Gasteiger charge is -2.30. The van der Waals surface area contributed by atoms with Crippen molar-refractivity contribution in [3.05, 3.63) is 52.8 Å². The summed E-state index contributed by atoms with van der Waals surface area (Å²) in [6, 6.07) is 10.9. The van der Waals surface area contributed by atoms with Gasteiger partial charge in [0.05, 0.1) is 12.1 Å². The summed E-state index contributed by atoms with van der Waals surface area (Å²) in [5.41, 5.74) is 4.33. The Balaban J connectivity index is 1.58. The lowest BCUT2D eigenvalue weighted by molar-refractivity contribution is -0.121. The first-order chi connectivity index (χ1) is 11.1. The third-order valence-electron chi connectivity index (χ3n) is 4.93. The Bertz CT molecular complexity index is 643. The highest BCUT2D eigenvalue weighted by Crippen LogP contribution is 2.32. The molecule has 1 fully saturated rings. The molecule has 23 heavy (non-hydrogen) atoms. The summed E-state index contributed by atoms with van der Waals surface area (Å²) in [5, 5.41) is 10.3. The molecule has 1 aliphatic rings. The number of hydrogen-bond donors (Lipinski definition) is 2. The van der Waals surface area contributed by atoms with Gasteiger partial charge >= 0.3 is 0 Å². The van der Waals surface area contributed by atoms with Gasteiger partial charge in [-0.15, -0.1) is 0 Å². The third kappa shape index (κ3) is 3.81. The topological polar surface area (TPSA) is 57.8 Å². The second kappa shape index (κ2) is 6.99. The number of aromatic amines is 1. The van der Waals surface area contributed by atoms with Crippen LogP contribution in [-0.4, -0.2) is 22.1 Å². The molecule has 1 heterocycles. The number of carbonyl (C=O) groups is 1. The average molecular weight is 311 g/mol. The average Bonchev–Trinajstić information content (AvgIpc) is 2.88. The summed E-state index contributed by atoms with van der Waals surface area (Å²) in [7, 11) is 0. The van der Waals surface area contributed by atoms with E-state index in [1.165, 1.54) is 18.4 Å². The smallest absolute Gasteiger partial charge is 0.224 e. The number of aromatic nitrogens is 2. The van der Waals surface area contributed by atoms with Crippen LogP contribution in [0.5, 0.6) is 0 Å². The van der Waals surface area contributed by atoms with Crippen molar-refractivity contribution < 1.29 is 4.79 Å². The molecular weight excluding hydrogens is 286 g/mol. The Morgan fingerprint density at radius 1 is 1.26 bits per heavy atom. The summed E-state index contributed by atoms with van der Waals surface area (Å²) in [5.74, 6) is 0.670. The molecule has 0 saturated heterocycles. The van der Waals surface area contributed by atoms with E-state index in [0.29, 0.717) is 12.3 Å². The highest BCUT2D eigenvalue weighted by molar-refractivity contribution is 5.79. The molecule has 1 amide bonds. The summed E-state index contributed by atoms with van der Waals surface area (Å²) < 4.78 is 0. The van der Waals surface area contributed by atoms with Crippen LogP contribution in [0.2, 0.25) is 0 Å². The van der Waals surface area contributed by atoms with Crippen molar-refractivity contribution in [2.45, 2.75) is 57.9 Å². The number of benzene rings is 1. The molecular formula is C19H25N3O. The van der Waals surface area contributed by atoms with Gasteiger partial charge in [-0.05, 0) is 44.6 Å². The van der Waals surface area contributed by atoms with E-state index in [2.05, 4.69) is 45.8 Å². The zero-order valence-corrected chi connectivity index (χ0v) is 13.9. The van der Waals surface area contributed by atoms with Crippen molar-refractivity contribution in [1.82, 2.24) is 15.5 Å². The van der Waals surface area contributed by atoms with Crippen molar-refractivity contribution in [2.24, 2.45) is 0 Å². The standard InChI is InChI=1S/C19H25N3O/c1-13-18(14(2)22-21-13)12-19(23)20-17-10-6-9-16(11-17)15-7-4-3-5-8-15/h3-5,7-8,16-17H,6,9-12H2,1-2H3,(H,20,23)(H,21,22)/t16-,17-/m0/s1. The Kier molecular flexibility index (Phi) is 4.79. The maximum absolute atomic E-state index is 12.4. The number of hydrogen-bond acceptors (Lipinski definition) is 2. The van der Waals surface area contributed by atoms with E-state index in [0.717, 1.165) is 29.8 Å². The Labute approximate surface area is 137 Å². The zero-order chi connectivity index (χ0) is 16.2. The van der Waals surface area contributed by atoms with Gasteiger partial charge in [0, 0.05) is 17.3 Å². The second-order valence-electron chi connectivity index (χ2n) is 6.63. The molecule has 4 heteroatoms. The van der Waals surface area contributed by atoms with Gasteiger partial charge < -0.3 is 5.32 Å². The molecule has 1 aliphatic carbocycles. The normalized spacial score (nSPS) is 21.1. The molecule has 0 aliphatic heterocycles. The highest BCUT2D eigenvalue weighted by Gasteiger charge is 2.24. The molecule has 2 N–H and O–H groups in total. The predicted molar refractivity (Wildman–Crippen MR) is 91.3 cm³/mol. The van der Waals surface area contributed by atoms with Crippen molar-refractivity contribution in [1.29, 1.82) is 0 Å². The summed E-state index contributed by atoms with van der Waals surface area (Å²) in [6.07, 6.45) is 4.93. The van der Waals surface area contributed by atoms with Crippen LogP contribution in [0.3, 0.4) is 0 Å². The predicted octanol–water partition coefficient (Wildman–Crippen LogP) is 3.41. The van der Waals surface area contributed by atoms with Gasteiger partial charge in [0.1, 0.15) is 0 Å². The summed E-state index contributed by atoms with van der Waals surface area (Å²) in [4.78, 5) is 12.4. The van der Waals surface area contributed by atoms with Gasteiger partial charge in [0.2, 0.25) is 5.91 Å². The fourth-order valence-corrected chi connectivity index (χ4v) is 3.62. The number of H-pyrrole nitrogens is 1. The van der Waals surface area contributed by atoms with E-state index in [1.807, 2.05) is 13.8 Å². The van der Waals surface area contributed by atoms with Crippen molar-refractivity contribution in [2.75, 3.05) is 0 Å². The number of amides is 1. The number of nitrogens with zero attached hydrogens (tertiary/aromatic N) is 1. The number of carbonyl (C=O) groups excluding carboxylic acids is 1. The SMILES string of the molecule is Cc1n[nH]c(C)c1CC(=O)N[C@H]1CCC[C@H](c2ccccc2)C1. The molecule has 0 unspecified atom stereocenters. The number of rotatable bonds is 4. The monoisotopic (exact) mass is 311 g/mol. The van der Waals surface area contributed by atoms with Crippen LogP contribution >= 0.6 is 0 Å². The molecule has 0 bridgehead atoms. The molecule has 4 nitrogen and oxygen atoms in total. The van der Waals surface area contributed by atoms with Gasteiger partial charge in [0.25, 0.3) is 0 Å². The molecule has 3 rings (SSSR count). The Morgan fingerprint density at radius 2 is 2.04 bits per heavy atom. The van der Waals surface area contributed by atoms with Crippen LogP contribution in [-0.2, 0) is 11.2 Å². The van der Waals surface area contributed by atoms with Crippen LogP contribution in [0.1, 0.15) is 54.1 Å². The first-order valence-corrected chi connectivity index (χ1v) is 8.48. The lowest BCUT2D eigenvalue weighted by atomic mass is 9.81. The van der Waals surface area contributed by atoms with E-state index >= 15 is 0 Å². The van der Waals surface area contributed by atoms with Crippen LogP contribution in [0.4, 0.5) is 0 Å². The number of aryl methyl sites for hydroxylation is 2. The van der Waals surface area contributed by atoms with E-state index in [-0.39, 0.29) is 11.9 Å². The highest BCUT2D eigenvalue weighted by atomic mass is 16.1. The largest absolute Gasteiger partial charge is 0.353 e. The first-order valence-electron chi connectivity index (χ1n) is 8.48. The first kappa shape index (κ1) is 15.8. The molecule has 122 valence electrons. The fraction of sp³-hybridized carbons (Fsp3) is 0.474. The van der Waals surface area contributed by atoms with Crippen LogP contribution in [0.25, 0.3) is 0 Å². The van der Waals surface area contributed by atoms with E-state index in [4.69, 9.17) is 0 Å². The Hall–Kier alpha value is -2.10. The maximum atomic E-state index is 12.4. The molecule has 2 aromatic rings. The summed E-state index contributed by atoms with van der Waals surface area (Å²) >= 11 is 0. The van der Waals surface area contributed by atoms with E-state index < -0.39 is 0 Å². The molecule has 0 spiro atoms. The fourth-order valence-electron chi connectivity index (χ4n) is 3.62. The lowest BCUT2D eigenvalue weighted by Crippen LogP contribution is -2.38. The van der Waals surface area contributed by atoms with Crippen LogP contribution < -0.4 is 5.32 Å². The zero-order valence-electron chi connectivity index (χ0n) is 13.9. The van der Waals surface area contributed by atoms with Gasteiger partial charge in [-0.3, -0.25) is 9.89 Å². The minimum Gasteiger partial charge on any atom is -0.353 e. The molecule has 1 aromatic carbocycles. The quantitative estimate of drug-likeness (QED) is 0.909. The van der Waals surface area contributed by atoms with E-state index in [1.54, 1.807) is 0 Å². The minimum atomic E-state index is 0.108. The van der Waals surface area contributed by atoms with Crippen LogP contribution in [0.15, 0.2) is 30.3 Å². The second-order valence-corrected chi connectivity index (χ2v) is 6.63. The molecule has 0 radical (unpaired) electrons. The van der Waals surface area contributed by atoms with Crippen LogP contribution in [0, 0.1) is 13.8 Å². The van der Waals surface area contributed by atoms with Gasteiger partial charge in [-0.25, -0.2) is 0 Å². The molecule has 1 saturated carbocycles. The maximum Gasteiger partial charge on any atom is 0.224 e. The van der Waals surface area contributed by atoms with Crippen molar-refractivity contribution in [3.63, 3.8) is 0 Å². The number of nitrogens with one attached hydrogen (secondary N) is 2. The minimum absolute atomic E-state index is 0.108. The summed E-state index contributed by atoms with van der Waals surface area (Å²) in [6.45, 7) is 3.91. The third-order valence-corrected chi connectivity index (χ3v) is 4.93. The Morgan fingerprint density at radius 3 is 2.74 bits per heavy atom. The van der Waals surface area contributed by atoms with Crippen molar-refractivity contribution >= 4 is 5.91 Å². The van der Waals surface area contributed by atoms with Gasteiger partial charge in [-0.1, -0.05) is 36.8 Å². The van der Waals surface area contributed by atoms with Crippen molar-refractivity contribution in [3.8, 4) is 0 Å². The molecule has 2 atom stereocenters. The van der Waals surface area contributed by atoms with Gasteiger partial charge in [0.15, 0.2) is 0 Å².